The lowest BCUT2D eigenvalue weighted by Gasteiger charge is -2.38. The van der Waals surface area contributed by atoms with Crippen LogP contribution < -0.4 is 5.32 Å². The zero-order valence-electron chi connectivity index (χ0n) is 12.3. The molecular weight excluding hydrogens is 256 g/mol. The number of likely N-dealkylation sites (tertiary alicyclic amines) is 1. The molecule has 112 valence electrons. The highest BCUT2D eigenvalue weighted by atomic mass is 16.3. The number of nitrogens with zero attached hydrogens (tertiary/aromatic N) is 1. The van der Waals surface area contributed by atoms with E-state index in [2.05, 4.69) is 12.2 Å². The molecule has 2 rings (SSSR count). The Labute approximate surface area is 119 Å². The minimum atomic E-state index is -0.221. The van der Waals surface area contributed by atoms with Crippen LogP contribution in [-0.4, -0.2) is 47.2 Å². The molecule has 1 aromatic heterocycles. The molecule has 0 radical (unpaired) electrons. The Hall–Kier alpha value is -1.33. The van der Waals surface area contributed by atoms with Gasteiger partial charge in [0.05, 0.1) is 18.4 Å². The van der Waals surface area contributed by atoms with Crippen molar-refractivity contribution in [2.75, 3.05) is 19.7 Å². The third-order valence-electron chi connectivity index (χ3n) is 4.23. The van der Waals surface area contributed by atoms with Crippen molar-refractivity contribution >= 4 is 5.91 Å². The maximum Gasteiger partial charge on any atom is 0.257 e. The number of carbonyl (C=O) groups excluding carboxylic acids is 1. The first-order valence-corrected chi connectivity index (χ1v) is 7.28. The Morgan fingerprint density at radius 3 is 2.75 bits per heavy atom. The lowest BCUT2D eigenvalue weighted by molar-refractivity contribution is 0.0677. The number of carbonyl (C=O) groups is 1. The van der Waals surface area contributed by atoms with Crippen molar-refractivity contribution in [2.45, 2.75) is 44.7 Å². The highest BCUT2D eigenvalue weighted by Gasteiger charge is 2.29. The van der Waals surface area contributed by atoms with Gasteiger partial charge < -0.3 is 19.7 Å². The zero-order valence-corrected chi connectivity index (χ0v) is 12.3. The number of hydrogen-bond acceptors (Lipinski definition) is 4. The fourth-order valence-electron chi connectivity index (χ4n) is 2.55. The molecule has 20 heavy (non-hydrogen) atoms. The summed E-state index contributed by atoms with van der Waals surface area (Å²) in [5, 5.41) is 13.0. The van der Waals surface area contributed by atoms with Crippen LogP contribution in [-0.2, 0) is 0 Å². The van der Waals surface area contributed by atoms with Crippen molar-refractivity contribution in [3.63, 3.8) is 0 Å². The number of piperidine rings is 1. The van der Waals surface area contributed by atoms with Gasteiger partial charge in [-0.25, -0.2) is 0 Å². The van der Waals surface area contributed by atoms with Crippen molar-refractivity contribution < 1.29 is 14.3 Å². The van der Waals surface area contributed by atoms with Crippen molar-refractivity contribution in [1.29, 1.82) is 0 Å². The van der Waals surface area contributed by atoms with Crippen LogP contribution in [0.1, 0.15) is 43.5 Å². The SMILES string of the molecule is CCC(C)(CO)NC1CCN(C(=O)c2ccoc2)CC1. The second-order valence-electron chi connectivity index (χ2n) is 5.80. The van der Waals surface area contributed by atoms with Gasteiger partial charge in [-0.05, 0) is 32.3 Å². The minimum absolute atomic E-state index is 0.0395. The fraction of sp³-hybridized carbons (Fsp3) is 0.667. The smallest absolute Gasteiger partial charge is 0.257 e. The average Bonchev–Trinajstić information content (AvgIpc) is 3.01. The summed E-state index contributed by atoms with van der Waals surface area (Å²) < 4.78 is 4.95. The third kappa shape index (κ3) is 3.41. The summed E-state index contributed by atoms with van der Waals surface area (Å²) in [4.78, 5) is 14.0. The number of hydrogen-bond donors (Lipinski definition) is 2. The van der Waals surface area contributed by atoms with Crippen LogP contribution in [0.25, 0.3) is 0 Å². The molecular formula is C15H24N2O3. The maximum atomic E-state index is 12.2. The van der Waals surface area contributed by atoms with E-state index < -0.39 is 0 Å². The third-order valence-corrected chi connectivity index (χ3v) is 4.23. The predicted molar refractivity (Wildman–Crippen MR) is 76.6 cm³/mol. The molecule has 1 amide bonds. The first kappa shape index (κ1) is 15.1. The molecule has 1 aromatic rings. The van der Waals surface area contributed by atoms with Crippen LogP contribution in [0.2, 0.25) is 0 Å². The van der Waals surface area contributed by atoms with E-state index in [9.17, 15) is 9.90 Å². The number of aliphatic hydroxyl groups excluding tert-OH is 1. The normalized spacial score (nSPS) is 19.9. The average molecular weight is 280 g/mol. The van der Waals surface area contributed by atoms with Crippen molar-refractivity contribution in [2.24, 2.45) is 0 Å². The molecule has 0 spiro atoms. The summed E-state index contributed by atoms with van der Waals surface area (Å²) in [5.74, 6) is 0.0395. The van der Waals surface area contributed by atoms with Crippen molar-refractivity contribution in [3.05, 3.63) is 24.2 Å². The summed E-state index contributed by atoms with van der Waals surface area (Å²) in [5.41, 5.74) is 0.395. The van der Waals surface area contributed by atoms with Crippen LogP contribution in [0.15, 0.2) is 23.0 Å². The highest BCUT2D eigenvalue weighted by molar-refractivity contribution is 5.93. The molecule has 0 saturated carbocycles. The first-order valence-electron chi connectivity index (χ1n) is 7.28. The number of rotatable bonds is 5. The lowest BCUT2D eigenvalue weighted by Crippen LogP contribution is -2.54. The van der Waals surface area contributed by atoms with Gasteiger partial charge in [-0.3, -0.25) is 4.79 Å². The molecule has 2 N–H and O–H groups in total. The molecule has 1 unspecified atom stereocenters. The predicted octanol–water partition coefficient (Wildman–Crippen LogP) is 1.63. The molecule has 5 heteroatoms. The van der Waals surface area contributed by atoms with E-state index in [1.165, 1.54) is 12.5 Å². The molecule has 5 nitrogen and oxygen atoms in total. The van der Waals surface area contributed by atoms with Gasteiger partial charge in [0.1, 0.15) is 6.26 Å². The Kier molecular flexibility index (Phi) is 4.83. The van der Waals surface area contributed by atoms with Crippen LogP contribution in [0.5, 0.6) is 0 Å². The highest BCUT2D eigenvalue weighted by Crippen LogP contribution is 2.18. The zero-order chi connectivity index (χ0) is 14.6. The second kappa shape index (κ2) is 6.41. The topological polar surface area (TPSA) is 65.7 Å². The summed E-state index contributed by atoms with van der Waals surface area (Å²) >= 11 is 0. The quantitative estimate of drug-likeness (QED) is 0.860. The molecule has 0 bridgehead atoms. The van der Waals surface area contributed by atoms with Gasteiger partial charge in [0.15, 0.2) is 0 Å². The Bertz CT molecular complexity index is 418. The van der Waals surface area contributed by atoms with Crippen LogP contribution >= 0.6 is 0 Å². The summed E-state index contributed by atoms with van der Waals surface area (Å²) in [6.07, 6.45) is 5.73. The second-order valence-corrected chi connectivity index (χ2v) is 5.80. The van der Waals surface area contributed by atoms with E-state index in [1.54, 1.807) is 6.07 Å². The summed E-state index contributed by atoms with van der Waals surface area (Å²) in [6, 6.07) is 2.06. The number of furan rings is 1. The van der Waals surface area contributed by atoms with Crippen molar-refractivity contribution in [1.82, 2.24) is 10.2 Å². The molecule has 1 fully saturated rings. The van der Waals surface area contributed by atoms with Crippen LogP contribution in [0.3, 0.4) is 0 Å². The van der Waals surface area contributed by atoms with E-state index in [4.69, 9.17) is 4.42 Å². The molecule has 1 aliphatic rings. The number of nitrogens with one attached hydrogen (secondary N) is 1. The van der Waals surface area contributed by atoms with Gasteiger partial charge >= 0.3 is 0 Å². The standard InChI is InChI=1S/C15H24N2O3/c1-3-15(2,11-18)16-13-4-7-17(8-5-13)14(19)12-6-9-20-10-12/h6,9-10,13,16,18H,3-5,7-8,11H2,1-2H3. The maximum absolute atomic E-state index is 12.2. The van der Waals surface area contributed by atoms with Crippen LogP contribution in [0, 0.1) is 0 Å². The van der Waals surface area contributed by atoms with Crippen molar-refractivity contribution in [3.8, 4) is 0 Å². The molecule has 2 heterocycles. The summed E-state index contributed by atoms with van der Waals surface area (Å²) in [6.45, 7) is 5.73. The number of amides is 1. The van der Waals surface area contributed by atoms with Gasteiger partial charge in [0, 0.05) is 24.7 Å². The minimum Gasteiger partial charge on any atom is -0.472 e. The molecule has 0 aromatic carbocycles. The molecule has 0 aliphatic carbocycles. The van der Waals surface area contributed by atoms with Crippen LogP contribution in [0.4, 0.5) is 0 Å². The van der Waals surface area contributed by atoms with E-state index in [0.29, 0.717) is 11.6 Å². The summed E-state index contributed by atoms with van der Waals surface area (Å²) in [7, 11) is 0. The van der Waals surface area contributed by atoms with Gasteiger partial charge in [-0.2, -0.15) is 0 Å². The number of aliphatic hydroxyl groups is 1. The molecule has 1 saturated heterocycles. The molecule has 1 aliphatic heterocycles. The lowest BCUT2D eigenvalue weighted by atomic mass is 9.95. The van der Waals surface area contributed by atoms with E-state index in [1.807, 2.05) is 11.8 Å². The first-order chi connectivity index (χ1) is 9.58. The van der Waals surface area contributed by atoms with E-state index in [-0.39, 0.29) is 18.1 Å². The van der Waals surface area contributed by atoms with Gasteiger partial charge in [0.25, 0.3) is 5.91 Å². The van der Waals surface area contributed by atoms with Gasteiger partial charge in [-0.15, -0.1) is 0 Å². The van der Waals surface area contributed by atoms with Gasteiger partial charge in [0.2, 0.25) is 0 Å². The Morgan fingerprint density at radius 1 is 1.55 bits per heavy atom. The monoisotopic (exact) mass is 280 g/mol. The Balaban J connectivity index is 1.85. The fourth-order valence-corrected chi connectivity index (χ4v) is 2.55. The van der Waals surface area contributed by atoms with E-state index >= 15 is 0 Å². The Morgan fingerprint density at radius 2 is 2.25 bits per heavy atom. The van der Waals surface area contributed by atoms with E-state index in [0.717, 1.165) is 32.4 Å². The largest absolute Gasteiger partial charge is 0.472 e. The molecule has 1 atom stereocenters. The van der Waals surface area contributed by atoms with Gasteiger partial charge in [-0.1, -0.05) is 6.92 Å².